The first kappa shape index (κ1) is 28.1. The van der Waals surface area contributed by atoms with Gasteiger partial charge in [0.1, 0.15) is 18.4 Å². The Labute approximate surface area is 231 Å². The number of amides is 1. The second-order valence-electron chi connectivity index (χ2n) is 9.14. The van der Waals surface area contributed by atoms with E-state index in [0.717, 1.165) is 10.4 Å². The van der Waals surface area contributed by atoms with Crippen LogP contribution in [-0.4, -0.2) is 40.2 Å². The number of hydrogen-bond acceptors (Lipinski definition) is 6. The number of para-hydroxylation sites is 1. The molecular weight excluding hydrogens is 565 g/mol. The predicted octanol–water partition coefficient (Wildman–Crippen LogP) is 3.56. The molecule has 1 amide bonds. The molecule has 214 valence electrons. The summed E-state index contributed by atoms with van der Waals surface area (Å²) in [6, 6.07) is 16.7. The van der Waals surface area contributed by atoms with Crippen molar-refractivity contribution in [1.82, 2.24) is 19.6 Å². The minimum Gasteiger partial charge on any atom is -0.489 e. The van der Waals surface area contributed by atoms with Gasteiger partial charge >= 0.3 is 6.18 Å². The van der Waals surface area contributed by atoms with Crippen LogP contribution in [0.5, 0.6) is 5.75 Å². The third-order valence-electron chi connectivity index (χ3n) is 6.67. The first-order valence-corrected chi connectivity index (χ1v) is 13.7. The number of ether oxygens (including phenoxy) is 1. The van der Waals surface area contributed by atoms with Gasteiger partial charge in [-0.05, 0) is 42.5 Å². The first-order valence-electron chi connectivity index (χ1n) is 12.3. The van der Waals surface area contributed by atoms with Crippen LogP contribution in [-0.2, 0) is 34.0 Å². The number of fused-ring (bicyclic) bond motifs is 1. The smallest absolute Gasteiger partial charge is 0.416 e. The number of hydrogen-bond donors (Lipinski definition) is 3. The Morgan fingerprint density at radius 2 is 1.68 bits per heavy atom. The molecule has 1 atom stereocenters. The zero-order chi connectivity index (χ0) is 29.4. The fraction of sp³-hybridized carbons (Fsp3) is 0.185. The number of carbonyl (C=O) groups is 1. The van der Waals surface area contributed by atoms with Crippen LogP contribution in [0.25, 0.3) is 5.69 Å². The molecule has 10 nitrogen and oxygen atoms in total. The molecule has 0 fully saturated rings. The number of benzene rings is 3. The number of hydroxylamine groups is 1. The van der Waals surface area contributed by atoms with Gasteiger partial charge < -0.3 is 4.74 Å². The van der Waals surface area contributed by atoms with E-state index in [9.17, 15) is 36.4 Å². The topological polar surface area (TPSA) is 134 Å². The first-order chi connectivity index (χ1) is 19.5. The van der Waals surface area contributed by atoms with E-state index in [1.54, 1.807) is 30.3 Å². The third-order valence-corrected chi connectivity index (χ3v) is 8.55. The molecule has 3 aromatic carbocycles. The number of H-pyrrole nitrogens is 1. The van der Waals surface area contributed by atoms with E-state index >= 15 is 0 Å². The van der Waals surface area contributed by atoms with E-state index in [4.69, 9.17) is 4.74 Å². The molecule has 1 aliphatic heterocycles. The summed E-state index contributed by atoms with van der Waals surface area (Å²) in [4.78, 5) is 25.8. The van der Waals surface area contributed by atoms with Crippen molar-refractivity contribution in [2.45, 2.75) is 30.1 Å². The zero-order valence-electron chi connectivity index (χ0n) is 21.1. The summed E-state index contributed by atoms with van der Waals surface area (Å²) in [5.74, 6) is -1.00. The van der Waals surface area contributed by atoms with Crippen LogP contribution in [0.4, 0.5) is 13.2 Å². The number of rotatable bonds is 7. The van der Waals surface area contributed by atoms with Gasteiger partial charge in [-0.3, -0.25) is 19.9 Å². The van der Waals surface area contributed by atoms with Crippen molar-refractivity contribution in [3.05, 3.63) is 112 Å². The average molecular weight is 589 g/mol. The average Bonchev–Trinajstić information content (AvgIpc) is 3.31. The van der Waals surface area contributed by atoms with Crippen LogP contribution in [0.1, 0.15) is 28.4 Å². The van der Waals surface area contributed by atoms with Gasteiger partial charge in [-0.25, -0.2) is 18.6 Å². The Bertz CT molecular complexity index is 1740. The van der Waals surface area contributed by atoms with Gasteiger partial charge in [-0.15, -0.1) is 0 Å². The van der Waals surface area contributed by atoms with Crippen LogP contribution < -0.4 is 15.8 Å². The molecule has 2 heterocycles. The fourth-order valence-electron chi connectivity index (χ4n) is 4.73. The monoisotopic (exact) mass is 588 g/mol. The minimum absolute atomic E-state index is 0.0820. The summed E-state index contributed by atoms with van der Waals surface area (Å²) >= 11 is 0. The molecule has 1 aromatic heterocycles. The highest BCUT2D eigenvalue weighted by molar-refractivity contribution is 7.89. The van der Waals surface area contributed by atoms with Crippen molar-refractivity contribution in [3.63, 3.8) is 0 Å². The van der Waals surface area contributed by atoms with Crippen molar-refractivity contribution in [3.8, 4) is 11.4 Å². The molecule has 0 radical (unpaired) electrons. The fourth-order valence-corrected chi connectivity index (χ4v) is 6.29. The van der Waals surface area contributed by atoms with E-state index in [0.29, 0.717) is 11.4 Å². The van der Waals surface area contributed by atoms with Crippen LogP contribution in [0, 0.1) is 0 Å². The number of sulfonamides is 1. The molecule has 0 saturated heterocycles. The van der Waals surface area contributed by atoms with E-state index in [1.807, 2.05) is 0 Å². The lowest BCUT2D eigenvalue weighted by Crippen LogP contribution is -2.48. The second-order valence-corrected chi connectivity index (χ2v) is 11.0. The summed E-state index contributed by atoms with van der Waals surface area (Å²) in [7, 11) is -4.40. The molecule has 1 aliphatic rings. The number of nitrogens with zero attached hydrogens (tertiary/aromatic N) is 2. The van der Waals surface area contributed by atoms with E-state index in [2.05, 4.69) is 5.10 Å². The number of carbonyl (C=O) groups excluding carboxylic acids is 1. The molecule has 3 N–H and O–H groups in total. The Morgan fingerprint density at radius 3 is 2.34 bits per heavy atom. The molecule has 0 aliphatic carbocycles. The lowest BCUT2D eigenvalue weighted by atomic mass is 10.0. The van der Waals surface area contributed by atoms with Gasteiger partial charge in [0.25, 0.3) is 11.5 Å². The maximum atomic E-state index is 13.6. The van der Waals surface area contributed by atoms with Crippen molar-refractivity contribution in [2.24, 2.45) is 0 Å². The lowest BCUT2D eigenvalue weighted by Gasteiger charge is -2.32. The summed E-state index contributed by atoms with van der Waals surface area (Å²) in [5, 5.41) is 12.3. The van der Waals surface area contributed by atoms with Gasteiger partial charge in [-0.2, -0.15) is 17.5 Å². The number of aromatic amines is 1. The van der Waals surface area contributed by atoms with Crippen LogP contribution in [0.2, 0.25) is 0 Å². The van der Waals surface area contributed by atoms with Crippen molar-refractivity contribution in [2.75, 3.05) is 6.54 Å². The van der Waals surface area contributed by atoms with Gasteiger partial charge in [-0.1, -0.05) is 36.4 Å². The molecule has 14 heteroatoms. The highest BCUT2D eigenvalue weighted by atomic mass is 32.2. The summed E-state index contributed by atoms with van der Waals surface area (Å²) < 4.78 is 74.6. The summed E-state index contributed by atoms with van der Waals surface area (Å²) in [6.07, 6.45) is -4.48. The van der Waals surface area contributed by atoms with Crippen molar-refractivity contribution < 1.29 is 36.3 Å². The molecule has 41 heavy (non-hydrogen) atoms. The number of nitrogens with one attached hydrogen (secondary N) is 2. The SMILES string of the molecule is O=C(NO)C1c2c([nH]n(-c3ccccc3)c2=O)CCN1S(=O)(=O)c1ccc(OCc2ccccc2C(F)(F)F)cc1. The van der Waals surface area contributed by atoms with Gasteiger partial charge in [0, 0.05) is 24.2 Å². The van der Waals surface area contributed by atoms with Crippen molar-refractivity contribution in [1.29, 1.82) is 0 Å². The Hall–Kier alpha value is -4.40. The quantitative estimate of drug-likeness (QED) is 0.223. The van der Waals surface area contributed by atoms with E-state index in [1.165, 1.54) is 52.6 Å². The molecule has 5 rings (SSSR count). The summed E-state index contributed by atoms with van der Waals surface area (Å²) in [6.45, 7) is -0.592. The largest absolute Gasteiger partial charge is 0.489 e. The predicted molar refractivity (Wildman–Crippen MR) is 139 cm³/mol. The molecule has 0 bridgehead atoms. The standard InChI is InChI=1S/C27H23F3N4O6S/c28-27(29,30)21-9-5-4-6-17(21)16-40-19-10-12-20(13-11-19)41(38,39)33-15-14-22-23(24(33)25(35)32-37)26(36)34(31-22)18-7-2-1-3-8-18/h1-13,24,31,37H,14-16H2,(H,32,35). The molecule has 1 unspecified atom stereocenters. The molecule has 0 saturated carbocycles. The van der Waals surface area contributed by atoms with Gasteiger partial charge in [0.05, 0.1) is 21.7 Å². The third kappa shape index (κ3) is 5.36. The maximum Gasteiger partial charge on any atom is 0.416 e. The minimum atomic E-state index is -4.56. The number of aromatic nitrogens is 2. The maximum absolute atomic E-state index is 13.6. The molecular formula is C27H23F3N4O6S. The number of alkyl halides is 3. The zero-order valence-corrected chi connectivity index (χ0v) is 21.9. The van der Waals surface area contributed by atoms with Crippen LogP contribution in [0.3, 0.4) is 0 Å². The van der Waals surface area contributed by atoms with Gasteiger partial charge in [0.15, 0.2) is 0 Å². The van der Waals surface area contributed by atoms with Crippen LogP contribution >= 0.6 is 0 Å². The second kappa shape index (κ2) is 10.9. The Balaban J connectivity index is 1.42. The van der Waals surface area contributed by atoms with Gasteiger partial charge in [0.2, 0.25) is 10.0 Å². The Kier molecular flexibility index (Phi) is 7.46. The lowest BCUT2D eigenvalue weighted by molar-refractivity contribution is -0.138. The van der Waals surface area contributed by atoms with E-state index < -0.39 is 45.9 Å². The summed E-state index contributed by atoms with van der Waals surface area (Å²) in [5.41, 5.74) is 0.566. The van der Waals surface area contributed by atoms with Crippen molar-refractivity contribution >= 4 is 15.9 Å². The highest BCUT2D eigenvalue weighted by Gasteiger charge is 2.44. The molecule has 0 spiro atoms. The molecule has 4 aromatic rings. The van der Waals surface area contributed by atoms with Crippen LogP contribution in [0.15, 0.2) is 88.6 Å². The normalized spacial score (nSPS) is 15.8. The highest BCUT2D eigenvalue weighted by Crippen LogP contribution is 2.34. The number of halogens is 3. The Morgan fingerprint density at radius 1 is 1.02 bits per heavy atom. The van der Waals surface area contributed by atoms with E-state index in [-0.39, 0.29) is 34.7 Å².